The van der Waals surface area contributed by atoms with Crippen molar-refractivity contribution in [3.8, 4) is 0 Å². The number of β-amino-alcohol motifs (C(OH)–C–C–N with tert-alkyl or cyclic N) is 1. The van der Waals surface area contributed by atoms with Crippen LogP contribution >= 0.6 is 24.4 Å². The van der Waals surface area contributed by atoms with Gasteiger partial charge in [-0.2, -0.15) is 12.6 Å². The summed E-state index contributed by atoms with van der Waals surface area (Å²) in [6.07, 6.45) is 0.390. The quantitative estimate of drug-likeness (QED) is 0.418. The van der Waals surface area contributed by atoms with E-state index in [1.807, 2.05) is 0 Å². The molecule has 3 rings (SSSR count). The molecule has 1 aromatic carbocycles. The summed E-state index contributed by atoms with van der Waals surface area (Å²) in [5, 5.41) is 20.2. The second-order valence-corrected chi connectivity index (χ2v) is 8.56. The summed E-state index contributed by atoms with van der Waals surface area (Å²) in [6, 6.07) is 5.96. The van der Waals surface area contributed by atoms with Gasteiger partial charge in [-0.15, -0.1) is 11.8 Å². The van der Waals surface area contributed by atoms with Crippen LogP contribution in [0.1, 0.15) is 12.0 Å². The predicted molar refractivity (Wildman–Crippen MR) is 106 cm³/mol. The molecular weight excluding hydrogens is 390 g/mol. The smallest absolute Gasteiger partial charge is 0.410 e. The van der Waals surface area contributed by atoms with Gasteiger partial charge in [-0.3, -0.25) is 15.0 Å². The summed E-state index contributed by atoms with van der Waals surface area (Å²) >= 11 is 6.36. The molecule has 0 bridgehead atoms. The van der Waals surface area contributed by atoms with Crippen LogP contribution in [0.2, 0.25) is 0 Å². The fourth-order valence-electron chi connectivity index (χ4n) is 3.51. The van der Waals surface area contributed by atoms with Crippen molar-refractivity contribution in [2.45, 2.75) is 29.7 Å². The lowest BCUT2D eigenvalue weighted by Gasteiger charge is -2.33. The van der Waals surface area contributed by atoms with Gasteiger partial charge in [-0.1, -0.05) is 0 Å². The standard InChI is InChI=1S/C17H23N3O5S2/c21-7-5-18-6-8-27-16(18)15-9-14(26)10-19(15)17(22)25-11-12-1-3-13(4-2-12)20(23)24/h1-4,14-16,21,26H,5-11H2. The number of thioether (sulfide) groups is 1. The summed E-state index contributed by atoms with van der Waals surface area (Å²) in [6.45, 7) is 2.18. The largest absolute Gasteiger partial charge is 0.445 e. The maximum atomic E-state index is 12.7. The third-order valence-corrected chi connectivity index (χ3v) is 6.55. The molecule has 2 heterocycles. The highest BCUT2D eigenvalue weighted by atomic mass is 32.2. The number of hydrogen-bond donors (Lipinski definition) is 2. The van der Waals surface area contributed by atoms with Crippen LogP contribution in [0.15, 0.2) is 24.3 Å². The molecule has 3 unspecified atom stereocenters. The number of carbonyl (C=O) groups is 1. The van der Waals surface area contributed by atoms with Gasteiger partial charge in [0, 0.05) is 42.8 Å². The van der Waals surface area contributed by atoms with Crippen LogP contribution in [-0.4, -0.2) is 74.6 Å². The van der Waals surface area contributed by atoms with Crippen molar-refractivity contribution in [2.75, 3.05) is 32.0 Å². The van der Waals surface area contributed by atoms with E-state index in [2.05, 4.69) is 17.5 Å². The van der Waals surface area contributed by atoms with Crippen LogP contribution in [0.25, 0.3) is 0 Å². The van der Waals surface area contributed by atoms with Crippen LogP contribution in [0.5, 0.6) is 0 Å². The van der Waals surface area contributed by atoms with Crippen molar-refractivity contribution < 1.29 is 19.6 Å². The zero-order chi connectivity index (χ0) is 19.4. The van der Waals surface area contributed by atoms with Crippen LogP contribution < -0.4 is 0 Å². The van der Waals surface area contributed by atoms with E-state index in [0.717, 1.165) is 18.7 Å². The second kappa shape index (κ2) is 9.13. The molecule has 3 atom stereocenters. The molecule has 0 saturated carbocycles. The number of likely N-dealkylation sites (tertiary alicyclic amines) is 1. The summed E-state index contributed by atoms with van der Waals surface area (Å²) in [5.74, 6) is 0.976. The fraction of sp³-hybridized carbons (Fsp3) is 0.588. The fourth-order valence-corrected chi connectivity index (χ4v) is 5.39. The minimum absolute atomic E-state index is 0.00379. The van der Waals surface area contributed by atoms with Gasteiger partial charge in [0.05, 0.1) is 22.9 Å². The normalized spacial score (nSPS) is 25.7. The topological polar surface area (TPSA) is 96.1 Å². The van der Waals surface area contributed by atoms with Crippen molar-refractivity contribution in [3.05, 3.63) is 39.9 Å². The Morgan fingerprint density at radius 2 is 2.15 bits per heavy atom. The second-order valence-electron chi connectivity index (χ2n) is 6.61. The van der Waals surface area contributed by atoms with Gasteiger partial charge in [0.1, 0.15) is 6.61 Å². The summed E-state index contributed by atoms with van der Waals surface area (Å²) in [5.41, 5.74) is 0.703. The number of carbonyl (C=O) groups excluding carboxylic acids is 1. The molecule has 2 aliphatic rings. The van der Waals surface area contributed by atoms with E-state index in [4.69, 9.17) is 4.74 Å². The highest BCUT2D eigenvalue weighted by Crippen LogP contribution is 2.35. The number of aliphatic hydroxyl groups excluding tert-OH is 1. The molecule has 2 fully saturated rings. The Morgan fingerprint density at radius 1 is 1.41 bits per heavy atom. The SMILES string of the molecule is O=C(OCc1ccc([N+](=O)[O-])cc1)N1CC(S)CC1C1SCCN1CCO. The Hall–Kier alpha value is -1.49. The van der Waals surface area contributed by atoms with E-state index >= 15 is 0 Å². The Kier molecular flexibility index (Phi) is 6.85. The third-order valence-electron chi connectivity index (χ3n) is 4.81. The Labute approximate surface area is 167 Å². The van der Waals surface area contributed by atoms with Crippen molar-refractivity contribution >= 4 is 36.2 Å². The highest BCUT2D eigenvalue weighted by molar-refractivity contribution is 8.00. The van der Waals surface area contributed by atoms with Crippen molar-refractivity contribution in [2.24, 2.45) is 0 Å². The number of aliphatic hydroxyl groups is 1. The Bertz CT molecular complexity index is 675. The molecule has 0 aliphatic carbocycles. The lowest BCUT2D eigenvalue weighted by molar-refractivity contribution is -0.384. The number of benzene rings is 1. The van der Waals surface area contributed by atoms with E-state index in [9.17, 15) is 20.0 Å². The number of ether oxygens (including phenoxy) is 1. The van der Waals surface area contributed by atoms with E-state index in [1.54, 1.807) is 28.8 Å². The van der Waals surface area contributed by atoms with Crippen LogP contribution in [0.3, 0.4) is 0 Å². The number of nitro benzene ring substituents is 1. The molecule has 2 aliphatic heterocycles. The van der Waals surface area contributed by atoms with Gasteiger partial charge in [-0.05, 0) is 24.1 Å². The molecule has 10 heteroatoms. The van der Waals surface area contributed by atoms with Gasteiger partial charge >= 0.3 is 6.09 Å². The van der Waals surface area contributed by atoms with E-state index < -0.39 is 11.0 Å². The van der Waals surface area contributed by atoms with Gasteiger partial charge in [0.25, 0.3) is 5.69 Å². The molecule has 0 spiro atoms. The first-order valence-electron chi connectivity index (χ1n) is 8.81. The molecule has 1 amide bonds. The third kappa shape index (κ3) is 4.87. The first kappa shape index (κ1) is 20.2. The van der Waals surface area contributed by atoms with Crippen molar-refractivity contribution in [1.29, 1.82) is 0 Å². The van der Waals surface area contributed by atoms with Crippen molar-refractivity contribution in [1.82, 2.24) is 9.80 Å². The minimum atomic E-state index is -0.463. The van der Waals surface area contributed by atoms with Crippen molar-refractivity contribution in [3.63, 3.8) is 0 Å². The lowest BCUT2D eigenvalue weighted by atomic mass is 10.2. The monoisotopic (exact) mass is 413 g/mol. The first-order valence-corrected chi connectivity index (χ1v) is 10.4. The Morgan fingerprint density at radius 3 is 2.81 bits per heavy atom. The number of rotatable bonds is 6. The number of non-ortho nitro benzene ring substituents is 1. The van der Waals surface area contributed by atoms with Crippen LogP contribution in [0.4, 0.5) is 10.5 Å². The van der Waals surface area contributed by atoms with Gasteiger partial charge in [-0.25, -0.2) is 4.79 Å². The number of thiol groups is 1. The molecular formula is C17H23N3O5S2. The van der Waals surface area contributed by atoms with E-state index in [0.29, 0.717) is 18.7 Å². The molecule has 2 saturated heterocycles. The molecule has 148 valence electrons. The zero-order valence-electron chi connectivity index (χ0n) is 14.8. The van der Waals surface area contributed by atoms with Crippen LogP contribution in [0, 0.1) is 10.1 Å². The lowest BCUT2D eigenvalue weighted by Crippen LogP contribution is -2.47. The molecule has 1 N–H and O–H groups in total. The summed E-state index contributed by atoms with van der Waals surface area (Å²) < 4.78 is 5.45. The van der Waals surface area contributed by atoms with Gasteiger partial charge in [0.15, 0.2) is 0 Å². The average molecular weight is 414 g/mol. The average Bonchev–Trinajstić information content (AvgIpc) is 3.26. The maximum absolute atomic E-state index is 12.7. The molecule has 8 nitrogen and oxygen atoms in total. The number of nitro groups is 1. The molecule has 1 aromatic rings. The Balaban J connectivity index is 1.61. The van der Waals surface area contributed by atoms with Gasteiger partial charge < -0.3 is 14.7 Å². The zero-order valence-corrected chi connectivity index (χ0v) is 16.5. The molecule has 27 heavy (non-hydrogen) atoms. The minimum Gasteiger partial charge on any atom is -0.445 e. The highest BCUT2D eigenvalue weighted by Gasteiger charge is 2.43. The summed E-state index contributed by atoms with van der Waals surface area (Å²) in [4.78, 5) is 26.8. The maximum Gasteiger partial charge on any atom is 0.410 e. The summed E-state index contributed by atoms with van der Waals surface area (Å²) in [7, 11) is 0. The molecule has 0 radical (unpaired) electrons. The van der Waals surface area contributed by atoms with Crippen LogP contribution in [-0.2, 0) is 11.3 Å². The van der Waals surface area contributed by atoms with E-state index in [-0.39, 0.29) is 35.6 Å². The van der Waals surface area contributed by atoms with Gasteiger partial charge in [0.2, 0.25) is 0 Å². The number of amides is 1. The molecule has 0 aromatic heterocycles. The predicted octanol–water partition coefficient (Wildman–Crippen LogP) is 1.97. The number of hydrogen-bond acceptors (Lipinski definition) is 8. The number of nitrogens with zero attached hydrogens (tertiary/aromatic N) is 3. The van der Waals surface area contributed by atoms with E-state index in [1.165, 1.54) is 12.1 Å². The first-order chi connectivity index (χ1) is 13.0.